The maximum absolute atomic E-state index is 10.6. The summed E-state index contributed by atoms with van der Waals surface area (Å²) in [5, 5.41) is 31.9. The molecule has 41 heavy (non-hydrogen) atoms. The Balaban J connectivity index is -0.000000243. The molecule has 0 saturated carbocycles. The number of aliphatic carboxylic acids is 3. The molecule has 0 spiro atoms. The summed E-state index contributed by atoms with van der Waals surface area (Å²) < 4.78 is 0. The molecule has 0 aromatic heterocycles. The third-order valence-electron chi connectivity index (χ3n) is 6.03. The molecule has 0 unspecified atom stereocenters. The van der Waals surface area contributed by atoms with Crippen LogP contribution < -0.4 is 15.3 Å². The topological polar surface area (TPSA) is 120 Å². The molecule has 8 heteroatoms. The van der Waals surface area contributed by atoms with Crippen molar-refractivity contribution in [3.05, 3.63) is 34.9 Å². The molecule has 0 rings (SSSR count). The second-order valence-electron chi connectivity index (χ2n) is 9.79. The molecule has 0 N–H and O–H groups in total. The summed E-state index contributed by atoms with van der Waals surface area (Å²) in [4.78, 5) is 31.9. The molecule has 0 aliphatic carbocycles. The summed E-state index contributed by atoms with van der Waals surface area (Å²) in [6.07, 6.45) is 22.4. The Morgan fingerprint density at radius 3 is 0.805 bits per heavy atom. The van der Waals surface area contributed by atoms with Gasteiger partial charge in [0.1, 0.15) is 0 Å². The van der Waals surface area contributed by atoms with Gasteiger partial charge < -0.3 is 29.7 Å². The van der Waals surface area contributed by atoms with Crippen molar-refractivity contribution < 1.29 is 29.7 Å². The van der Waals surface area contributed by atoms with Gasteiger partial charge in [0.25, 0.3) is 0 Å². The molecule has 0 bridgehead atoms. The number of hydrogen-bond donors (Lipinski definition) is 0. The second-order valence-corrected chi connectivity index (χ2v) is 9.79. The zero-order chi connectivity index (χ0) is 32.3. The Morgan fingerprint density at radius 2 is 0.659 bits per heavy atom. The number of carbonyl (C=O) groups excluding carboxylic acids is 3. The van der Waals surface area contributed by atoms with Crippen LogP contribution in [0.2, 0.25) is 0 Å². The normalized spacial score (nSPS) is 11.3. The van der Waals surface area contributed by atoms with Gasteiger partial charge in [-0.15, -0.1) is 0 Å². The first-order valence-corrected chi connectivity index (χ1v) is 19.2. The van der Waals surface area contributed by atoms with Crippen LogP contribution in [-0.4, -0.2) is 39.3 Å². The first-order valence-electron chi connectivity index (χ1n) is 15.6. The van der Waals surface area contributed by atoms with Crippen molar-refractivity contribution in [2.75, 3.05) is 0 Å². The van der Waals surface area contributed by atoms with Crippen LogP contribution in [0.1, 0.15) is 157 Å². The average Bonchev–Trinajstić information content (AvgIpc) is 2.95. The monoisotopic (exact) mass is 704 g/mol. The predicted molar refractivity (Wildman–Crippen MR) is 168 cm³/mol. The van der Waals surface area contributed by atoms with Crippen molar-refractivity contribution >= 4 is 48.2 Å². The minimum atomic E-state index is -0.996. The van der Waals surface area contributed by atoms with E-state index in [1.165, 1.54) is 0 Å². The van der Waals surface area contributed by atoms with Gasteiger partial charge in [0, 0.05) is 0 Å². The summed E-state index contributed by atoms with van der Waals surface area (Å²) in [5.74, 6) is -2.99. The van der Waals surface area contributed by atoms with E-state index < -0.39 is 17.9 Å². The van der Waals surface area contributed by atoms with Crippen LogP contribution in [0.15, 0.2) is 34.9 Å². The third kappa shape index (κ3) is 36.7. The van der Waals surface area contributed by atoms with Crippen molar-refractivity contribution in [2.45, 2.75) is 157 Å². The fraction of sp³-hybridized carbons (Fsp3) is 0.727. The van der Waals surface area contributed by atoms with Crippen molar-refractivity contribution in [3.8, 4) is 0 Å². The number of allylic oxidation sites excluding steroid dienone is 3. The van der Waals surface area contributed by atoms with E-state index in [1.54, 1.807) is 0 Å². The molecule has 236 valence electrons. The third-order valence-corrected chi connectivity index (χ3v) is 6.03. The zero-order valence-electron chi connectivity index (χ0n) is 26.8. The summed E-state index contributed by atoms with van der Waals surface area (Å²) in [6.45, 7) is 12.5. The van der Waals surface area contributed by atoms with Gasteiger partial charge in [-0.05, 0) is 74.5 Å². The molecule has 0 aliphatic heterocycles. The zero-order valence-corrected chi connectivity index (χ0v) is 30.4. The van der Waals surface area contributed by atoms with Crippen LogP contribution in [-0.2, 0) is 14.4 Å². The fourth-order valence-electron chi connectivity index (χ4n) is 3.41. The molecule has 0 aliphatic rings. The number of hydrogen-bond acceptors (Lipinski definition) is 6. The van der Waals surface area contributed by atoms with E-state index in [1.807, 2.05) is 18.2 Å². The standard InChI is InChI=1S/3C11H20O2.ClH.Sn/c3*1-3-5-7-9-10(11(12)13)8-6-4-2;;/h3*9H,3-8H2,1-2H3,(H,12,13);1H;/q;;;;+4/p-4. The van der Waals surface area contributed by atoms with E-state index in [0.29, 0.717) is 36.0 Å². The number of rotatable bonds is 21. The van der Waals surface area contributed by atoms with Gasteiger partial charge in [-0.1, -0.05) is 118 Å². The first kappa shape index (κ1) is 46.7. The fourth-order valence-corrected chi connectivity index (χ4v) is 3.41. The molecule has 0 fully saturated rings. The first-order chi connectivity index (χ1) is 19.7. The number of carbonyl (C=O) groups is 3. The van der Waals surface area contributed by atoms with E-state index in [4.69, 9.17) is 8.92 Å². The molecule has 0 amide bonds. The van der Waals surface area contributed by atoms with E-state index in [2.05, 4.69) is 41.5 Å². The maximum atomic E-state index is 10.6. The Hall–Kier alpha value is -1.28. The van der Waals surface area contributed by atoms with Crippen LogP contribution in [0.25, 0.3) is 0 Å². The van der Waals surface area contributed by atoms with Crippen LogP contribution in [0.3, 0.4) is 0 Å². The van der Waals surface area contributed by atoms with Crippen LogP contribution in [0.4, 0.5) is 0 Å². The van der Waals surface area contributed by atoms with Gasteiger partial charge in [0.05, 0.1) is 17.9 Å². The van der Waals surface area contributed by atoms with E-state index in [9.17, 15) is 29.7 Å². The van der Waals surface area contributed by atoms with Crippen LogP contribution in [0, 0.1) is 0 Å². The Morgan fingerprint density at radius 1 is 0.463 bits per heavy atom. The molecule has 0 radical (unpaired) electrons. The van der Waals surface area contributed by atoms with Crippen molar-refractivity contribution in [3.63, 3.8) is 0 Å². The van der Waals surface area contributed by atoms with Crippen LogP contribution >= 0.6 is 8.92 Å². The molecule has 0 aromatic rings. The molecular weight excluding hydrogens is 647 g/mol. The van der Waals surface area contributed by atoms with E-state index in [-0.39, 0.29) is 0 Å². The van der Waals surface area contributed by atoms with E-state index >= 15 is 0 Å². The van der Waals surface area contributed by atoms with Crippen molar-refractivity contribution in [2.24, 2.45) is 0 Å². The Labute approximate surface area is 268 Å². The second kappa shape index (κ2) is 38.7. The minimum absolute atomic E-state index is 0.482. The number of carboxylic acid groups (broad SMARTS) is 3. The van der Waals surface area contributed by atoms with Gasteiger partial charge in [-0.3, -0.25) is 0 Å². The molecule has 6 nitrogen and oxygen atoms in total. The molecular formula is C33H57ClO6Sn. The molecule has 0 aromatic carbocycles. The molecule has 0 saturated heterocycles. The number of halogens is 1. The van der Waals surface area contributed by atoms with Crippen molar-refractivity contribution in [1.82, 2.24) is 0 Å². The number of carboxylic acids is 3. The van der Waals surface area contributed by atoms with Gasteiger partial charge in [0.15, 0.2) is 0 Å². The Kier molecular flexibility index (Phi) is 44.1. The summed E-state index contributed by atoms with van der Waals surface area (Å²) in [5.41, 5.74) is 1.45. The SMILES string of the molecule is CCCCC=C(CCCC)C(=O)[O-].CCCCC=C(CCCC)C(=O)[O-].CCCCC=C(CCCC)C(=O)[O-].[Cl][Sn+3]. The van der Waals surface area contributed by atoms with Crippen LogP contribution in [0.5, 0.6) is 0 Å². The quantitative estimate of drug-likeness (QED) is 0.0772. The van der Waals surface area contributed by atoms with Crippen molar-refractivity contribution in [1.29, 1.82) is 0 Å². The summed E-state index contributed by atoms with van der Waals surface area (Å²) in [6, 6.07) is 0. The van der Waals surface area contributed by atoms with Gasteiger partial charge in [-0.25, -0.2) is 0 Å². The van der Waals surface area contributed by atoms with Gasteiger partial charge in [-0.2, -0.15) is 0 Å². The van der Waals surface area contributed by atoms with Gasteiger partial charge >= 0.3 is 30.3 Å². The van der Waals surface area contributed by atoms with Gasteiger partial charge in [0.2, 0.25) is 0 Å². The molecule has 0 atom stereocenters. The average molecular weight is 704 g/mol. The predicted octanol–water partition coefficient (Wildman–Crippen LogP) is 6.44. The number of unbranched alkanes of at least 4 members (excludes halogenated alkanes) is 9. The molecule has 0 heterocycles. The van der Waals surface area contributed by atoms with E-state index in [0.717, 1.165) is 118 Å². The Bertz CT molecular complexity index is 621. The summed E-state index contributed by atoms with van der Waals surface area (Å²) >= 11 is 1.02. The summed E-state index contributed by atoms with van der Waals surface area (Å²) in [7, 11) is 4.73.